The number of anilines is 2. The summed E-state index contributed by atoms with van der Waals surface area (Å²) in [6.45, 7) is 2.00. The summed E-state index contributed by atoms with van der Waals surface area (Å²) in [6, 6.07) is 12.5. The first-order chi connectivity index (χ1) is 13.5. The first-order valence-corrected chi connectivity index (χ1v) is 9.40. The normalized spacial score (nSPS) is 12.2. The van der Waals surface area contributed by atoms with Gasteiger partial charge in [0.1, 0.15) is 5.75 Å². The predicted molar refractivity (Wildman–Crippen MR) is 109 cm³/mol. The molecule has 3 aromatic rings. The summed E-state index contributed by atoms with van der Waals surface area (Å²) in [5, 5.41) is 12.3. The van der Waals surface area contributed by atoms with Gasteiger partial charge in [-0.3, -0.25) is 4.79 Å². The molecule has 0 saturated heterocycles. The van der Waals surface area contributed by atoms with E-state index in [1.807, 2.05) is 25.1 Å². The SMILES string of the molecule is CCc1nc2c(nc1NC(=O)Cc1ccc(O)cc1)CCc1cc(N)ccc1-2. The van der Waals surface area contributed by atoms with Crippen LogP contribution in [0.5, 0.6) is 5.75 Å². The van der Waals surface area contributed by atoms with Crippen molar-refractivity contribution in [3.63, 3.8) is 0 Å². The van der Waals surface area contributed by atoms with Crippen LogP contribution in [0.25, 0.3) is 11.3 Å². The summed E-state index contributed by atoms with van der Waals surface area (Å²) in [7, 11) is 0. The van der Waals surface area contributed by atoms with Gasteiger partial charge in [0.25, 0.3) is 0 Å². The Balaban J connectivity index is 1.61. The molecule has 0 bridgehead atoms. The molecule has 1 aliphatic rings. The zero-order valence-electron chi connectivity index (χ0n) is 15.7. The van der Waals surface area contributed by atoms with E-state index in [2.05, 4.69) is 5.32 Å². The number of fused-ring (bicyclic) bond motifs is 3. The van der Waals surface area contributed by atoms with Gasteiger partial charge in [-0.15, -0.1) is 0 Å². The number of nitrogens with two attached hydrogens (primary N) is 1. The lowest BCUT2D eigenvalue weighted by atomic mass is 9.91. The number of hydrogen-bond acceptors (Lipinski definition) is 5. The number of rotatable bonds is 4. The van der Waals surface area contributed by atoms with Crippen LogP contribution in [0.1, 0.15) is 29.4 Å². The molecule has 28 heavy (non-hydrogen) atoms. The lowest BCUT2D eigenvalue weighted by molar-refractivity contribution is -0.115. The Labute approximate surface area is 163 Å². The Morgan fingerprint density at radius 3 is 2.68 bits per heavy atom. The molecule has 0 unspecified atom stereocenters. The summed E-state index contributed by atoms with van der Waals surface area (Å²) in [6.07, 6.45) is 2.50. The van der Waals surface area contributed by atoms with Crippen LogP contribution in [0, 0.1) is 0 Å². The van der Waals surface area contributed by atoms with Crippen molar-refractivity contribution in [1.82, 2.24) is 9.97 Å². The fraction of sp³-hybridized carbons (Fsp3) is 0.227. The number of nitrogen functional groups attached to an aromatic ring is 1. The Bertz CT molecular complexity index is 1050. The second-order valence-corrected chi connectivity index (χ2v) is 6.98. The third-order valence-corrected chi connectivity index (χ3v) is 4.95. The van der Waals surface area contributed by atoms with Gasteiger partial charge in [0.2, 0.25) is 5.91 Å². The largest absolute Gasteiger partial charge is 0.508 e. The molecule has 6 nitrogen and oxygen atoms in total. The number of hydrogen-bond donors (Lipinski definition) is 3. The van der Waals surface area contributed by atoms with Crippen molar-refractivity contribution in [2.45, 2.75) is 32.6 Å². The van der Waals surface area contributed by atoms with Gasteiger partial charge >= 0.3 is 0 Å². The molecule has 0 saturated carbocycles. The lowest BCUT2D eigenvalue weighted by Crippen LogP contribution is -2.19. The van der Waals surface area contributed by atoms with E-state index < -0.39 is 0 Å². The van der Waals surface area contributed by atoms with Crippen LogP contribution < -0.4 is 11.1 Å². The standard InChI is InChI=1S/C22H22N4O2/c1-2-18-22(26-20(28)11-13-3-7-16(27)8-4-13)25-19-10-5-14-12-15(23)6-9-17(14)21(19)24-18/h3-4,6-9,12,27H,2,5,10-11,23H2,1H3,(H,25,26,28). The van der Waals surface area contributed by atoms with Crippen molar-refractivity contribution >= 4 is 17.4 Å². The number of nitrogens with zero attached hydrogens (tertiary/aromatic N) is 2. The zero-order valence-corrected chi connectivity index (χ0v) is 15.7. The van der Waals surface area contributed by atoms with Crippen molar-refractivity contribution < 1.29 is 9.90 Å². The van der Waals surface area contributed by atoms with E-state index in [9.17, 15) is 9.90 Å². The molecule has 1 heterocycles. The maximum absolute atomic E-state index is 12.5. The summed E-state index contributed by atoms with van der Waals surface area (Å²) in [5.74, 6) is 0.558. The number of phenolic OH excluding ortho intramolecular Hbond substituents is 1. The van der Waals surface area contributed by atoms with Crippen molar-refractivity contribution in [3.8, 4) is 17.0 Å². The van der Waals surface area contributed by atoms with Gasteiger partial charge in [0.05, 0.1) is 23.5 Å². The Hall–Kier alpha value is -3.41. The average molecular weight is 374 g/mol. The van der Waals surface area contributed by atoms with Gasteiger partial charge in [-0.1, -0.05) is 25.1 Å². The Morgan fingerprint density at radius 2 is 1.93 bits per heavy atom. The number of aromatic nitrogens is 2. The Morgan fingerprint density at radius 1 is 1.14 bits per heavy atom. The van der Waals surface area contributed by atoms with Crippen LogP contribution in [0.4, 0.5) is 11.5 Å². The first-order valence-electron chi connectivity index (χ1n) is 9.40. The van der Waals surface area contributed by atoms with Gasteiger partial charge in [0, 0.05) is 11.3 Å². The fourth-order valence-corrected chi connectivity index (χ4v) is 3.52. The minimum absolute atomic E-state index is 0.154. The molecule has 0 radical (unpaired) electrons. The van der Waals surface area contributed by atoms with Crippen molar-refractivity contribution in [1.29, 1.82) is 0 Å². The van der Waals surface area contributed by atoms with E-state index in [0.717, 1.165) is 46.7 Å². The van der Waals surface area contributed by atoms with Crippen LogP contribution in [-0.2, 0) is 30.5 Å². The summed E-state index contributed by atoms with van der Waals surface area (Å²) >= 11 is 0. The second kappa shape index (κ2) is 7.31. The van der Waals surface area contributed by atoms with E-state index in [-0.39, 0.29) is 18.1 Å². The van der Waals surface area contributed by atoms with E-state index in [0.29, 0.717) is 12.2 Å². The number of nitrogens with one attached hydrogen (secondary N) is 1. The molecule has 1 aromatic heterocycles. The number of aryl methyl sites for hydroxylation is 3. The van der Waals surface area contributed by atoms with Crippen LogP contribution >= 0.6 is 0 Å². The fourth-order valence-electron chi connectivity index (χ4n) is 3.52. The minimum Gasteiger partial charge on any atom is -0.508 e. The summed E-state index contributed by atoms with van der Waals surface area (Å²) in [5.41, 5.74) is 12.3. The second-order valence-electron chi connectivity index (χ2n) is 6.98. The highest BCUT2D eigenvalue weighted by Crippen LogP contribution is 2.33. The Kier molecular flexibility index (Phi) is 4.69. The highest BCUT2D eigenvalue weighted by atomic mass is 16.3. The van der Waals surface area contributed by atoms with Crippen molar-refractivity contribution in [2.24, 2.45) is 0 Å². The smallest absolute Gasteiger partial charge is 0.229 e. The molecule has 0 aliphatic heterocycles. The van der Waals surface area contributed by atoms with Crippen molar-refractivity contribution in [3.05, 3.63) is 65.0 Å². The number of carbonyl (C=O) groups excluding carboxylic acids is 1. The van der Waals surface area contributed by atoms with Gasteiger partial charge in [-0.2, -0.15) is 0 Å². The highest BCUT2D eigenvalue weighted by molar-refractivity contribution is 5.92. The maximum Gasteiger partial charge on any atom is 0.229 e. The number of carbonyl (C=O) groups is 1. The highest BCUT2D eigenvalue weighted by Gasteiger charge is 2.22. The maximum atomic E-state index is 12.5. The van der Waals surface area contributed by atoms with Gasteiger partial charge in [-0.25, -0.2) is 9.97 Å². The first kappa shape index (κ1) is 18.0. The number of benzene rings is 2. The van der Waals surface area contributed by atoms with Crippen LogP contribution in [0.15, 0.2) is 42.5 Å². The number of aromatic hydroxyl groups is 1. The van der Waals surface area contributed by atoms with E-state index in [1.54, 1.807) is 24.3 Å². The topological polar surface area (TPSA) is 101 Å². The van der Waals surface area contributed by atoms with E-state index in [1.165, 1.54) is 5.56 Å². The molecular formula is C22H22N4O2. The monoisotopic (exact) mass is 374 g/mol. The molecule has 1 amide bonds. The summed E-state index contributed by atoms with van der Waals surface area (Å²) < 4.78 is 0. The van der Waals surface area contributed by atoms with Gasteiger partial charge in [0.15, 0.2) is 5.82 Å². The van der Waals surface area contributed by atoms with Gasteiger partial charge in [-0.05, 0) is 54.7 Å². The molecule has 0 atom stereocenters. The molecule has 0 fully saturated rings. The third-order valence-electron chi connectivity index (χ3n) is 4.95. The molecule has 2 aromatic carbocycles. The van der Waals surface area contributed by atoms with Crippen LogP contribution in [-0.4, -0.2) is 21.0 Å². The molecule has 4 N–H and O–H groups in total. The third kappa shape index (κ3) is 3.53. The van der Waals surface area contributed by atoms with Crippen LogP contribution in [0.3, 0.4) is 0 Å². The predicted octanol–water partition coefficient (Wildman–Crippen LogP) is 3.27. The molecule has 1 aliphatic carbocycles. The molecule has 4 rings (SSSR count). The van der Waals surface area contributed by atoms with Crippen LogP contribution in [0.2, 0.25) is 0 Å². The molecule has 6 heteroatoms. The summed E-state index contributed by atoms with van der Waals surface area (Å²) in [4.78, 5) is 22.0. The van der Waals surface area contributed by atoms with E-state index in [4.69, 9.17) is 15.7 Å². The average Bonchev–Trinajstić information content (AvgIpc) is 2.68. The minimum atomic E-state index is -0.154. The molecular weight excluding hydrogens is 352 g/mol. The number of amides is 1. The number of phenols is 1. The quantitative estimate of drug-likeness (QED) is 0.609. The lowest BCUT2D eigenvalue weighted by Gasteiger charge is -2.21. The molecule has 142 valence electrons. The van der Waals surface area contributed by atoms with Crippen molar-refractivity contribution in [2.75, 3.05) is 11.1 Å². The van der Waals surface area contributed by atoms with Gasteiger partial charge < -0.3 is 16.2 Å². The van der Waals surface area contributed by atoms with E-state index >= 15 is 0 Å². The molecule has 0 spiro atoms. The zero-order chi connectivity index (χ0) is 19.7.